The molecule has 0 atom stereocenters. The third kappa shape index (κ3) is 15.4. The van der Waals surface area contributed by atoms with E-state index in [0.717, 1.165) is 6.54 Å². The van der Waals surface area contributed by atoms with E-state index in [-0.39, 0.29) is 12.4 Å². The molecule has 0 aromatic heterocycles. The van der Waals surface area contributed by atoms with Gasteiger partial charge in [-0.15, -0.1) is 12.4 Å². The van der Waals surface area contributed by atoms with Crippen molar-refractivity contribution in [3.63, 3.8) is 0 Å². The van der Waals surface area contributed by atoms with E-state index in [4.69, 9.17) is 0 Å². The first-order chi connectivity index (χ1) is 13.2. The first-order valence-electron chi connectivity index (χ1n) is 12.0. The number of benzene rings is 1. The lowest BCUT2D eigenvalue weighted by atomic mass is 10.0. The highest BCUT2D eigenvalue weighted by molar-refractivity contribution is 5.85. The van der Waals surface area contributed by atoms with Crippen LogP contribution in [-0.2, 0) is 6.54 Å². The molecule has 0 heterocycles. The van der Waals surface area contributed by atoms with Crippen molar-refractivity contribution in [3.8, 4) is 0 Å². The summed E-state index contributed by atoms with van der Waals surface area (Å²) in [5.74, 6) is 0. The molecule has 2 heteroatoms. The third-order valence-corrected chi connectivity index (χ3v) is 5.76. The number of rotatable bonds is 18. The maximum Gasteiger partial charge on any atom is 0.0236 e. The van der Waals surface area contributed by atoms with Crippen LogP contribution in [-0.4, -0.2) is 17.5 Å². The van der Waals surface area contributed by atoms with Crippen molar-refractivity contribution in [2.45, 2.75) is 123 Å². The van der Waals surface area contributed by atoms with Crippen LogP contribution in [0.15, 0.2) is 30.3 Å². The van der Waals surface area contributed by atoms with Gasteiger partial charge in [-0.3, -0.25) is 4.90 Å². The summed E-state index contributed by atoms with van der Waals surface area (Å²) in [6, 6.07) is 11.5. The van der Waals surface area contributed by atoms with E-state index < -0.39 is 0 Å². The number of hydrogen-bond acceptors (Lipinski definition) is 1. The average Bonchev–Trinajstić information content (AvgIpc) is 2.68. The van der Waals surface area contributed by atoms with Gasteiger partial charge >= 0.3 is 0 Å². The van der Waals surface area contributed by atoms with Gasteiger partial charge in [-0.25, -0.2) is 0 Å². The van der Waals surface area contributed by atoms with E-state index in [1.54, 1.807) is 0 Å². The molecule has 0 aliphatic carbocycles. The normalized spacial score (nSPS) is 11.2. The summed E-state index contributed by atoms with van der Waals surface area (Å²) in [5, 5.41) is 0. The molecule has 0 radical (unpaired) electrons. The SMILES string of the molecule is CCCCCCCCCCCCCCCCN(Cc1ccccc1)C(C)C.Cl. The summed E-state index contributed by atoms with van der Waals surface area (Å²) in [7, 11) is 0. The van der Waals surface area contributed by atoms with Crippen molar-refractivity contribution in [2.75, 3.05) is 6.54 Å². The molecule has 1 rings (SSSR count). The second kappa shape index (κ2) is 19.8. The van der Waals surface area contributed by atoms with Crippen molar-refractivity contribution in [2.24, 2.45) is 0 Å². The van der Waals surface area contributed by atoms with Crippen LogP contribution in [0.2, 0.25) is 0 Å². The summed E-state index contributed by atoms with van der Waals surface area (Å²) in [4.78, 5) is 2.62. The molecule has 0 saturated carbocycles. The molecule has 1 aromatic carbocycles. The molecular formula is C26H48ClN. The van der Waals surface area contributed by atoms with Crippen LogP contribution in [0.25, 0.3) is 0 Å². The molecule has 0 saturated heterocycles. The van der Waals surface area contributed by atoms with Crippen molar-refractivity contribution < 1.29 is 0 Å². The van der Waals surface area contributed by atoms with Crippen molar-refractivity contribution in [3.05, 3.63) is 35.9 Å². The zero-order chi connectivity index (χ0) is 19.6. The van der Waals surface area contributed by atoms with E-state index in [9.17, 15) is 0 Å². The summed E-state index contributed by atoms with van der Waals surface area (Å²) < 4.78 is 0. The number of unbranched alkanes of at least 4 members (excludes halogenated alkanes) is 13. The van der Waals surface area contributed by atoms with Gasteiger partial charge in [0.1, 0.15) is 0 Å². The minimum absolute atomic E-state index is 0. The standard InChI is InChI=1S/C26H47N.ClH/c1-4-5-6-7-8-9-10-11-12-13-14-15-16-20-23-27(25(2)3)24-26-21-18-17-19-22-26;/h17-19,21-22,25H,4-16,20,23-24H2,1-3H3;1H. The Hall–Kier alpha value is -0.530. The molecule has 0 aliphatic rings. The Labute approximate surface area is 183 Å². The van der Waals surface area contributed by atoms with E-state index in [1.807, 2.05) is 0 Å². The molecular weight excluding hydrogens is 362 g/mol. The fourth-order valence-electron chi connectivity index (χ4n) is 3.85. The Balaban J connectivity index is 0.00000729. The summed E-state index contributed by atoms with van der Waals surface area (Å²) in [6.45, 7) is 9.28. The maximum absolute atomic E-state index is 2.62. The Morgan fingerprint density at radius 2 is 1.07 bits per heavy atom. The van der Waals surface area contributed by atoms with Crippen LogP contribution in [0.4, 0.5) is 0 Å². The van der Waals surface area contributed by atoms with E-state index >= 15 is 0 Å². The topological polar surface area (TPSA) is 3.24 Å². The van der Waals surface area contributed by atoms with Crippen LogP contribution < -0.4 is 0 Å². The monoisotopic (exact) mass is 409 g/mol. The van der Waals surface area contributed by atoms with Gasteiger partial charge in [0.05, 0.1) is 0 Å². The minimum Gasteiger partial charge on any atom is -0.297 e. The maximum atomic E-state index is 2.62. The molecule has 0 amide bonds. The molecule has 0 N–H and O–H groups in total. The lowest BCUT2D eigenvalue weighted by Crippen LogP contribution is -2.31. The first kappa shape index (κ1) is 27.5. The fraction of sp³-hybridized carbons (Fsp3) is 0.769. The second-order valence-electron chi connectivity index (χ2n) is 8.65. The van der Waals surface area contributed by atoms with Gasteiger partial charge in [0.2, 0.25) is 0 Å². The third-order valence-electron chi connectivity index (χ3n) is 5.76. The van der Waals surface area contributed by atoms with Crippen molar-refractivity contribution >= 4 is 12.4 Å². The van der Waals surface area contributed by atoms with Crippen molar-refractivity contribution in [1.29, 1.82) is 0 Å². The average molecular weight is 410 g/mol. The van der Waals surface area contributed by atoms with Gasteiger partial charge in [-0.1, -0.05) is 121 Å². The Kier molecular flexibility index (Phi) is 19.4. The largest absolute Gasteiger partial charge is 0.297 e. The van der Waals surface area contributed by atoms with Crippen LogP contribution in [0.3, 0.4) is 0 Å². The Morgan fingerprint density at radius 1 is 0.643 bits per heavy atom. The highest BCUT2D eigenvalue weighted by Crippen LogP contribution is 2.14. The lowest BCUT2D eigenvalue weighted by molar-refractivity contribution is 0.208. The molecule has 0 unspecified atom stereocenters. The van der Waals surface area contributed by atoms with Crippen LogP contribution in [0.1, 0.15) is 116 Å². The molecule has 28 heavy (non-hydrogen) atoms. The molecule has 0 fully saturated rings. The summed E-state index contributed by atoms with van der Waals surface area (Å²) in [5.41, 5.74) is 1.44. The summed E-state index contributed by atoms with van der Waals surface area (Å²) in [6.07, 6.45) is 20.1. The zero-order valence-corrected chi connectivity index (χ0v) is 19.9. The Morgan fingerprint density at radius 3 is 1.50 bits per heavy atom. The molecule has 1 nitrogen and oxygen atoms in total. The molecule has 164 valence electrons. The highest BCUT2D eigenvalue weighted by Gasteiger charge is 2.09. The van der Waals surface area contributed by atoms with Gasteiger partial charge in [0.15, 0.2) is 0 Å². The first-order valence-corrected chi connectivity index (χ1v) is 12.0. The van der Waals surface area contributed by atoms with E-state index in [0.29, 0.717) is 6.04 Å². The quantitative estimate of drug-likeness (QED) is 0.219. The number of hydrogen-bond donors (Lipinski definition) is 0. The molecule has 0 bridgehead atoms. The van der Waals surface area contributed by atoms with Gasteiger partial charge in [0.25, 0.3) is 0 Å². The van der Waals surface area contributed by atoms with Gasteiger partial charge in [-0.05, 0) is 32.4 Å². The van der Waals surface area contributed by atoms with Gasteiger partial charge in [-0.2, -0.15) is 0 Å². The smallest absolute Gasteiger partial charge is 0.0236 e. The predicted molar refractivity (Wildman–Crippen MR) is 130 cm³/mol. The second-order valence-corrected chi connectivity index (χ2v) is 8.65. The van der Waals surface area contributed by atoms with Crippen molar-refractivity contribution in [1.82, 2.24) is 4.90 Å². The zero-order valence-electron chi connectivity index (χ0n) is 19.1. The highest BCUT2D eigenvalue weighted by atomic mass is 35.5. The summed E-state index contributed by atoms with van der Waals surface area (Å²) >= 11 is 0. The van der Waals surface area contributed by atoms with Gasteiger partial charge < -0.3 is 0 Å². The van der Waals surface area contributed by atoms with Gasteiger partial charge in [0, 0.05) is 12.6 Å². The molecule has 0 aliphatic heterocycles. The van der Waals surface area contributed by atoms with E-state index in [2.05, 4.69) is 56.0 Å². The Bertz CT molecular complexity index is 418. The minimum atomic E-state index is 0. The van der Waals surface area contributed by atoms with Crippen LogP contribution >= 0.6 is 12.4 Å². The van der Waals surface area contributed by atoms with Crippen LogP contribution in [0, 0.1) is 0 Å². The molecule has 0 spiro atoms. The molecule has 1 aromatic rings. The number of nitrogens with zero attached hydrogens (tertiary/aromatic N) is 1. The lowest BCUT2D eigenvalue weighted by Gasteiger charge is -2.26. The fourth-order valence-corrected chi connectivity index (χ4v) is 3.85. The number of halogens is 1. The van der Waals surface area contributed by atoms with Crippen LogP contribution in [0.5, 0.6) is 0 Å². The van der Waals surface area contributed by atoms with E-state index in [1.165, 1.54) is 102 Å². The predicted octanol–water partition coefficient (Wildman–Crippen LogP) is 8.80.